The van der Waals surface area contributed by atoms with E-state index >= 15 is 0 Å². The zero-order chi connectivity index (χ0) is 12.3. The highest BCUT2D eigenvalue weighted by Gasteiger charge is 2.09. The van der Waals surface area contributed by atoms with Crippen molar-refractivity contribution in [3.63, 3.8) is 0 Å². The Balaban J connectivity index is 2.00. The second-order valence-electron chi connectivity index (χ2n) is 3.24. The number of nitrogens with zero attached hydrogens (tertiary/aromatic N) is 2. The Morgan fingerprint density at radius 2 is 2.29 bits per heavy atom. The summed E-state index contributed by atoms with van der Waals surface area (Å²) in [5.41, 5.74) is 0.543. The number of hydrogen-bond acceptors (Lipinski definition) is 5. The lowest BCUT2D eigenvalue weighted by atomic mass is 10.4. The molecule has 0 saturated heterocycles. The number of hydrogen-bond donors (Lipinski definition) is 1. The molecule has 0 aliphatic carbocycles. The molecule has 7 heteroatoms. The lowest BCUT2D eigenvalue weighted by Crippen LogP contribution is -1.98. The number of thiophene rings is 1. The van der Waals surface area contributed by atoms with Crippen molar-refractivity contribution in [2.24, 2.45) is 0 Å². The number of pyridine rings is 1. The van der Waals surface area contributed by atoms with Crippen molar-refractivity contribution in [1.82, 2.24) is 4.98 Å². The van der Waals surface area contributed by atoms with Gasteiger partial charge in [0.05, 0.1) is 23.0 Å². The molecular formula is C10H8FN3O2S. The van der Waals surface area contributed by atoms with Gasteiger partial charge in [-0.15, -0.1) is 0 Å². The number of rotatable bonds is 4. The van der Waals surface area contributed by atoms with E-state index < -0.39 is 10.7 Å². The molecule has 0 saturated carbocycles. The van der Waals surface area contributed by atoms with Gasteiger partial charge in [-0.25, -0.2) is 4.39 Å². The number of aromatic nitrogens is 1. The largest absolute Gasteiger partial charge is 0.379 e. The van der Waals surface area contributed by atoms with Crippen LogP contribution in [0.3, 0.4) is 0 Å². The predicted octanol–water partition coefficient (Wildman–Crippen LogP) is 2.80. The third-order valence-electron chi connectivity index (χ3n) is 2.00. The molecule has 2 aromatic heterocycles. The first kappa shape index (κ1) is 11.5. The van der Waals surface area contributed by atoms with Crippen molar-refractivity contribution in [3.8, 4) is 0 Å². The summed E-state index contributed by atoms with van der Waals surface area (Å²) in [4.78, 5) is 14.5. The maximum Gasteiger partial charge on any atom is 0.324 e. The van der Waals surface area contributed by atoms with Gasteiger partial charge < -0.3 is 5.32 Å². The normalized spacial score (nSPS) is 10.2. The summed E-state index contributed by atoms with van der Waals surface area (Å²) in [6.45, 7) is 0.406. The first-order valence-corrected chi connectivity index (χ1v) is 5.54. The summed E-state index contributed by atoms with van der Waals surface area (Å²) < 4.78 is 12.8. The number of halogens is 1. The Kier molecular flexibility index (Phi) is 3.29. The van der Waals surface area contributed by atoms with Gasteiger partial charge in [-0.05, 0) is 6.07 Å². The lowest BCUT2D eigenvalue weighted by molar-refractivity contribution is -0.380. The van der Waals surface area contributed by atoms with Gasteiger partial charge in [0.15, 0.2) is 0 Å². The van der Waals surface area contributed by atoms with Crippen LogP contribution in [-0.2, 0) is 6.54 Å². The number of nitrogens with one attached hydrogen (secondary N) is 1. The van der Waals surface area contributed by atoms with Crippen molar-refractivity contribution >= 4 is 22.0 Å². The van der Waals surface area contributed by atoms with Gasteiger partial charge in [-0.1, -0.05) is 11.3 Å². The minimum absolute atomic E-state index is 0.0965. The highest BCUT2D eigenvalue weighted by molar-refractivity contribution is 7.15. The Morgan fingerprint density at radius 1 is 1.47 bits per heavy atom. The average molecular weight is 253 g/mol. The van der Waals surface area contributed by atoms with E-state index in [0.717, 1.165) is 22.4 Å². The van der Waals surface area contributed by atoms with Crippen molar-refractivity contribution < 1.29 is 9.31 Å². The molecule has 17 heavy (non-hydrogen) atoms. The molecule has 0 aliphatic rings. The molecule has 88 valence electrons. The molecule has 0 unspecified atom stereocenters. The molecule has 0 aromatic carbocycles. The summed E-state index contributed by atoms with van der Waals surface area (Å²) in [5.74, 6) is -0.424. The van der Waals surface area contributed by atoms with Gasteiger partial charge >= 0.3 is 5.00 Å². The average Bonchev–Trinajstić information content (AvgIpc) is 2.75. The lowest BCUT2D eigenvalue weighted by Gasteiger charge is -2.03. The molecule has 5 nitrogen and oxygen atoms in total. The minimum Gasteiger partial charge on any atom is -0.379 e. The molecule has 0 spiro atoms. The van der Waals surface area contributed by atoms with Crippen LogP contribution in [0, 0.1) is 15.9 Å². The Labute approximate surface area is 100 Å². The smallest absolute Gasteiger partial charge is 0.324 e. The van der Waals surface area contributed by atoms with Crippen LogP contribution >= 0.6 is 11.3 Å². The van der Waals surface area contributed by atoms with Gasteiger partial charge in [0.1, 0.15) is 5.82 Å². The molecular weight excluding hydrogens is 245 g/mol. The number of nitro groups is 1. The van der Waals surface area contributed by atoms with Crippen LogP contribution in [0.1, 0.15) is 4.88 Å². The molecule has 0 atom stereocenters. The van der Waals surface area contributed by atoms with E-state index in [2.05, 4.69) is 10.3 Å². The molecule has 1 N–H and O–H groups in total. The molecule has 2 rings (SSSR count). The second-order valence-corrected chi connectivity index (χ2v) is 4.39. The van der Waals surface area contributed by atoms with E-state index in [-0.39, 0.29) is 5.00 Å². The maximum atomic E-state index is 12.8. The fraction of sp³-hybridized carbons (Fsp3) is 0.100. The van der Waals surface area contributed by atoms with Gasteiger partial charge in [0.25, 0.3) is 0 Å². The third kappa shape index (κ3) is 2.97. The maximum absolute atomic E-state index is 12.8. The number of anilines is 1. The van der Waals surface area contributed by atoms with E-state index in [1.54, 1.807) is 6.07 Å². The molecule has 2 aromatic rings. The second kappa shape index (κ2) is 4.88. The standard InChI is InChI=1S/C10H8FN3O2S/c11-7-3-8(5-12-4-7)13-6-9-1-2-10(17-9)14(15)16/h1-5,13H,6H2. The minimum atomic E-state index is -0.433. The molecule has 0 fully saturated rings. The van der Waals surface area contributed by atoms with Crippen molar-refractivity contribution in [3.05, 3.63) is 51.4 Å². The Hall–Kier alpha value is -2.02. The van der Waals surface area contributed by atoms with Gasteiger partial charge in [0.2, 0.25) is 0 Å². The molecule has 0 radical (unpaired) electrons. The topological polar surface area (TPSA) is 68.1 Å². The Morgan fingerprint density at radius 3 is 2.94 bits per heavy atom. The highest BCUT2D eigenvalue weighted by atomic mass is 32.1. The fourth-order valence-electron chi connectivity index (χ4n) is 1.26. The van der Waals surface area contributed by atoms with E-state index in [9.17, 15) is 14.5 Å². The van der Waals surface area contributed by atoms with E-state index in [4.69, 9.17) is 0 Å². The van der Waals surface area contributed by atoms with Crippen LogP contribution in [-0.4, -0.2) is 9.91 Å². The third-order valence-corrected chi connectivity index (χ3v) is 3.04. The van der Waals surface area contributed by atoms with Crippen molar-refractivity contribution in [2.45, 2.75) is 6.54 Å². The SMILES string of the molecule is O=[N+]([O-])c1ccc(CNc2cncc(F)c2)s1. The molecule has 0 aliphatic heterocycles. The van der Waals surface area contributed by atoms with Crippen LogP contribution in [0.4, 0.5) is 15.1 Å². The first-order valence-electron chi connectivity index (χ1n) is 4.72. The van der Waals surface area contributed by atoms with E-state index in [1.807, 2.05) is 0 Å². The molecule has 0 amide bonds. The van der Waals surface area contributed by atoms with Gasteiger partial charge in [0, 0.05) is 23.6 Å². The zero-order valence-corrected chi connectivity index (χ0v) is 9.41. The quantitative estimate of drug-likeness (QED) is 0.672. The van der Waals surface area contributed by atoms with Gasteiger partial charge in [-0.2, -0.15) is 0 Å². The highest BCUT2D eigenvalue weighted by Crippen LogP contribution is 2.24. The van der Waals surface area contributed by atoms with E-state index in [1.165, 1.54) is 18.3 Å². The zero-order valence-electron chi connectivity index (χ0n) is 8.59. The van der Waals surface area contributed by atoms with Crippen molar-refractivity contribution in [1.29, 1.82) is 0 Å². The summed E-state index contributed by atoms with van der Waals surface area (Å²) in [6.07, 6.45) is 2.60. The summed E-state index contributed by atoms with van der Waals surface area (Å²) in [5, 5.41) is 13.5. The fourth-order valence-corrected chi connectivity index (χ4v) is 2.02. The molecule has 2 heterocycles. The first-order chi connectivity index (χ1) is 8.15. The van der Waals surface area contributed by atoms with Crippen LogP contribution in [0.25, 0.3) is 0 Å². The van der Waals surface area contributed by atoms with Crippen LogP contribution in [0.2, 0.25) is 0 Å². The van der Waals surface area contributed by atoms with E-state index in [0.29, 0.717) is 12.2 Å². The monoisotopic (exact) mass is 253 g/mol. The van der Waals surface area contributed by atoms with Crippen molar-refractivity contribution in [2.75, 3.05) is 5.32 Å². The van der Waals surface area contributed by atoms with Crippen LogP contribution in [0.15, 0.2) is 30.6 Å². The molecule has 0 bridgehead atoms. The summed E-state index contributed by atoms with van der Waals surface area (Å²) in [7, 11) is 0. The van der Waals surface area contributed by atoms with Crippen LogP contribution < -0.4 is 5.32 Å². The Bertz CT molecular complexity index is 544. The summed E-state index contributed by atoms with van der Waals surface area (Å²) >= 11 is 1.09. The van der Waals surface area contributed by atoms with Gasteiger partial charge in [-0.3, -0.25) is 15.1 Å². The van der Waals surface area contributed by atoms with Crippen LogP contribution in [0.5, 0.6) is 0 Å². The summed E-state index contributed by atoms with van der Waals surface area (Å²) in [6, 6.07) is 4.43. The predicted molar refractivity (Wildman–Crippen MR) is 62.5 cm³/mol.